The minimum atomic E-state index is 0.0667. The Kier molecular flexibility index (Phi) is 4.91. The molecule has 1 aliphatic rings. The lowest BCUT2D eigenvalue weighted by atomic mass is 9.82. The zero-order valence-electron chi connectivity index (χ0n) is 20.7. The molecule has 0 fully saturated rings. The summed E-state index contributed by atoms with van der Waals surface area (Å²) in [6, 6.07) is 40.7. The summed E-state index contributed by atoms with van der Waals surface area (Å²) in [5.74, 6) is 0. The van der Waals surface area contributed by atoms with E-state index >= 15 is 0 Å². The fraction of sp³-hybridized carbons (Fsp3) is 0.143. The summed E-state index contributed by atoms with van der Waals surface area (Å²) in [5.41, 5.74) is 11.2. The topological polar surface area (TPSA) is 0 Å². The van der Waals surface area contributed by atoms with Crippen LogP contribution in [0, 0.1) is 0 Å². The first-order valence-corrected chi connectivity index (χ1v) is 13.6. The van der Waals surface area contributed by atoms with E-state index in [-0.39, 0.29) is 5.41 Å². The fourth-order valence-electron chi connectivity index (χ4n) is 6.02. The van der Waals surface area contributed by atoms with Gasteiger partial charge in [0.2, 0.25) is 0 Å². The molecule has 1 aliphatic carbocycles. The summed E-state index contributed by atoms with van der Waals surface area (Å²) in [4.78, 5) is 0. The molecule has 1 heteroatoms. The standard InChI is InChI=1S/C35H28S/c1-35(2)31-12-5-3-8-27(31)28-21-18-24(22-32(28)35)15-14-23-16-19-25(20-17-23)26-10-7-11-30-29-9-4-6-13-33(29)36-34(26)30/h3-13,16-22H,14-15H2,1-2H3. The van der Waals surface area contributed by atoms with Crippen molar-refractivity contribution in [2.24, 2.45) is 0 Å². The van der Waals surface area contributed by atoms with Crippen LogP contribution >= 0.6 is 11.3 Å². The van der Waals surface area contributed by atoms with Crippen molar-refractivity contribution < 1.29 is 0 Å². The minimum Gasteiger partial charge on any atom is -0.135 e. The number of thiophene rings is 1. The van der Waals surface area contributed by atoms with Gasteiger partial charge in [0.05, 0.1) is 0 Å². The summed E-state index contributed by atoms with van der Waals surface area (Å²) in [7, 11) is 0. The third kappa shape index (κ3) is 3.34. The van der Waals surface area contributed by atoms with Crippen LogP contribution in [0.25, 0.3) is 42.4 Å². The molecule has 0 spiro atoms. The molecule has 0 saturated heterocycles. The van der Waals surface area contributed by atoms with Gasteiger partial charge in [0.1, 0.15) is 0 Å². The smallest absolute Gasteiger partial charge is 0.0433 e. The third-order valence-electron chi connectivity index (χ3n) is 8.02. The fourth-order valence-corrected chi connectivity index (χ4v) is 7.26. The van der Waals surface area contributed by atoms with Gasteiger partial charge in [-0.25, -0.2) is 0 Å². The Hall–Kier alpha value is -3.68. The highest BCUT2D eigenvalue weighted by Gasteiger charge is 2.34. The summed E-state index contributed by atoms with van der Waals surface area (Å²) >= 11 is 1.90. The average Bonchev–Trinajstić information content (AvgIpc) is 3.41. The number of benzene rings is 5. The zero-order chi connectivity index (χ0) is 24.3. The van der Waals surface area contributed by atoms with Crippen LogP contribution in [0.5, 0.6) is 0 Å². The predicted octanol–water partition coefficient (Wildman–Crippen LogP) is 9.81. The molecule has 7 rings (SSSR count). The van der Waals surface area contributed by atoms with Gasteiger partial charge in [-0.2, -0.15) is 0 Å². The molecule has 1 aromatic heterocycles. The molecule has 174 valence electrons. The maximum absolute atomic E-state index is 2.45. The zero-order valence-corrected chi connectivity index (χ0v) is 21.5. The van der Waals surface area contributed by atoms with E-state index in [1.54, 1.807) is 0 Å². The van der Waals surface area contributed by atoms with E-state index in [9.17, 15) is 0 Å². The monoisotopic (exact) mass is 480 g/mol. The molecular formula is C35H28S. The van der Waals surface area contributed by atoms with Crippen molar-refractivity contribution in [3.63, 3.8) is 0 Å². The molecule has 0 nitrogen and oxygen atoms in total. The first-order chi connectivity index (χ1) is 17.6. The van der Waals surface area contributed by atoms with E-state index in [2.05, 4.69) is 123 Å². The highest BCUT2D eigenvalue weighted by Crippen LogP contribution is 2.48. The lowest BCUT2D eigenvalue weighted by molar-refractivity contribution is 0.659. The predicted molar refractivity (Wildman–Crippen MR) is 156 cm³/mol. The van der Waals surface area contributed by atoms with Gasteiger partial charge in [-0.3, -0.25) is 0 Å². The first kappa shape index (κ1) is 21.6. The largest absolute Gasteiger partial charge is 0.135 e. The van der Waals surface area contributed by atoms with Crippen molar-refractivity contribution in [1.82, 2.24) is 0 Å². The Morgan fingerprint density at radius 1 is 0.556 bits per heavy atom. The normalized spacial score (nSPS) is 13.7. The highest BCUT2D eigenvalue weighted by molar-refractivity contribution is 7.26. The molecular weight excluding hydrogens is 452 g/mol. The van der Waals surface area contributed by atoms with Gasteiger partial charge in [0.25, 0.3) is 0 Å². The molecule has 0 radical (unpaired) electrons. The van der Waals surface area contributed by atoms with E-state index in [0.29, 0.717) is 0 Å². The van der Waals surface area contributed by atoms with Crippen LogP contribution in [0.1, 0.15) is 36.1 Å². The van der Waals surface area contributed by atoms with E-state index in [1.165, 1.54) is 64.7 Å². The maximum atomic E-state index is 2.45. The first-order valence-electron chi connectivity index (χ1n) is 12.8. The lowest BCUT2D eigenvalue weighted by Gasteiger charge is -2.22. The van der Waals surface area contributed by atoms with Gasteiger partial charge in [-0.1, -0.05) is 117 Å². The van der Waals surface area contributed by atoms with Crippen LogP contribution in [0.4, 0.5) is 0 Å². The highest BCUT2D eigenvalue weighted by atomic mass is 32.1. The second-order valence-electron chi connectivity index (χ2n) is 10.5. The number of hydrogen-bond donors (Lipinski definition) is 0. The van der Waals surface area contributed by atoms with E-state index in [1.807, 2.05) is 11.3 Å². The molecule has 0 atom stereocenters. The van der Waals surface area contributed by atoms with Gasteiger partial charge in [0.15, 0.2) is 0 Å². The van der Waals surface area contributed by atoms with Crippen molar-refractivity contribution in [2.45, 2.75) is 32.1 Å². The molecule has 0 amide bonds. The summed E-state index contributed by atoms with van der Waals surface area (Å²) in [6.45, 7) is 4.72. The lowest BCUT2D eigenvalue weighted by Crippen LogP contribution is -2.15. The number of aryl methyl sites for hydroxylation is 2. The molecule has 1 heterocycles. The number of hydrogen-bond acceptors (Lipinski definition) is 1. The van der Waals surface area contributed by atoms with Crippen LogP contribution in [-0.2, 0) is 18.3 Å². The Labute approximate surface area is 216 Å². The number of rotatable bonds is 4. The van der Waals surface area contributed by atoms with Crippen LogP contribution in [-0.4, -0.2) is 0 Å². The number of fused-ring (bicyclic) bond motifs is 6. The second-order valence-corrected chi connectivity index (χ2v) is 11.6. The summed E-state index contributed by atoms with van der Waals surface area (Å²) in [5, 5.41) is 2.72. The van der Waals surface area contributed by atoms with E-state index < -0.39 is 0 Å². The Bertz CT molecular complexity index is 1750. The van der Waals surface area contributed by atoms with Gasteiger partial charge in [-0.15, -0.1) is 11.3 Å². The van der Waals surface area contributed by atoms with Gasteiger partial charge in [-0.05, 0) is 63.4 Å². The van der Waals surface area contributed by atoms with Crippen LogP contribution < -0.4 is 0 Å². The Morgan fingerprint density at radius 3 is 2.11 bits per heavy atom. The molecule has 5 aromatic carbocycles. The average molecular weight is 481 g/mol. The van der Waals surface area contributed by atoms with Gasteiger partial charge < -0.3 is 0 Å². The van der Waals surface area contributed by atoms with Crippen molar-refractivity contribution in [3.05, 3.63) is 131 Å². The van der Waals surface area contributed by atoms with Gasteiger partial charge >= 0.3 is 0 Å². The van der Waals surface area contributed by atoms with Crippen molar-refractivity contribution in [3.8, 4) is 22.3 Å². The maximum Gasteiger partial charge on any atom is 0.0433 e. The van der Waals surface area contributed by atoms with Crippen LogP contribution in [0.3, 0.4) is 0 Å². The Morgan fingerprint density at radius 2 is 1.22 bits per heavy atom. The molecule has 0 N–H and O–H groups in total. The van der Waals surface area contributed by atoms with E-state index in [4.69, 9.17) is 0 Å². The molecule has 0 bridgehead atoms. The SMILES string of the molecule is CC1(C)c2ccccc2-c2ccc(CCc3ccc(-c4cccc5c4sc4ccccc45)cc3)cc21. The quantitative estimate of drug-likeness (QED) is 0.235. The summed E-state index contributed by atoms with van der Waals surface area (Å²) < 4.78 is 2.74. The van der Waals surface area contributed by atoms with Crippen molar-refractivity contribution in [2.75, 3.05) is 0 Å². The second kappa shape index (κ2) is 8.18. The Balaban J connectivity index is 1.14. The van der Waals surface area contributed by atoms with Crippen molar-refractivity contribution >= 4 is 31.5 Å². The van der Waals surface area contributed by atoms with Gasteiger partial charge in [0, 0.05) is 25.6 Å². The minimum absolute atomic E-state index is 0.0667. The summed E-state index contributed by atoms with van der Waals surface area (Å²) in [6.07, 6.45) is 2.12. The molecule has 36 heavy (non-hydrogen) atoms. The third-order valence-corrected chi connectivity index (χ3v) is 9.24. The molecule has 0 unspecified atom stereocenters. The van der Waals surface area contributed by atoms with Crippen LogP contribution in [0.2, 0.25) is 0 Å². The van der Waals surface area contributed by atoms with Crippen molar-refractivity contribution in [1.29, 1.82) is 0 Å². The van der Waals surface area contributed by atoms with E-state index in [0.717, 1.165) is 12.8 Å². The molecule has 0 aliphatic heterocycles. The van der Waals surface area contributed by atoms with Crippen LogP contribution in [0.15, 0.2) is 109 Å². The molecule has 6 aromatic rings. The molecule has 0 saturated carbocycles.